The molecule has 0 aromatic carbocycles. The van der Waals surface area contributed by atoms with Crippen molar-refractivity contribution in [1.82, 2.24) is 20.5 Å². The van der Waals surface area contributed by atoms with E-state index in [-0.39, 0.29) is 0 Å². The Morgan fingerprint density at radius 2 is 2.47 bits per heavy atom. The van der Waals surface area contributed by atoms with Crippen LogP contribution in [0.3, 0.4) is 0 Å². The number of aromatic nitrogens is 3. The molecule has 0 saturated heterocycles. The monoisotopic (exact) mass is 234 g/mol. The molecule has 0 aliphatic carbocycles. The number of nitrogens with one attached hydrogen (secondary N) is 2. The number of aryl methyl sites for hydroxylation is 1. The van der Waals surface area contributed by atoms with Gasteiger partial charge in [-0.15, -0.1) is 0 Å². The third-order valence-electron chi connectivity index (χ3n) is 2.64. The van der Waals surface area contributed by atoms with Gasteiger partial charge in [-0.2, -0.15) is 5.10 Å². The molecule has 2 aromatic heterocycles. The minimum absolute atomic E-state index is 0.427. The van der Waals surface area contributed by atoms with Crippen LogP contribution >= 0.6 is 0 Å². The number of H-pyrrole nitrogens is 1. The lowest BCUT2D eigenvalue weighted by Crippen LogP contribution is -2.29. The summed E-state index contributed by atoms with van der Waals surface area (Å²) in [5, 5.41) is 10.1. The summed E-state index contributed by atoms with van der Waals surface area (Å²) >= 11 is 0. The predicted molar refractivity (Wildman–Crippen MR) is 64.6 cm³/mol. The minimum Gasteiger partial charge on any atom is -0.469 e. The van der Waals surface area contributed by atoms with Crippen LogP contribution in [0.4, 0.5) is 0 Å². The molecule has 5 heteroatoms. The van der Waals surface area contributed by atoms with Gasteiger partial charge in [-0.25, -0.2) is 4.98 Å². The van der Waals surface area contributed by atoms with Gasteiger partial charge in [-0.1, -0.05) is 0 Å². The molecule has 2 rings (SSSR count). The van der Waals surface area contributed by atoms with Crippen LogP contribution in [0.5, 0.6) is 0 Å². The smallest absolute Gasteiger partial charge is 0.137 e. The highest BCUT2D eigenvalue weighted by Crippen LogP contribution is 2.03. The van der Waals surface area contributed by atoms with Crippen molar-refractivity contribution in [2.45, 2.75) is 32.2 Å². The van der Waals surface area contributed by atoms with Gasteiger partial charge in [0, 0.05) is 18.9 Å². The Labute approximate surface area is 101 Å². The van der Waals surface area contributed by atoms with Gasteiger partial charge < -0.3 is 9.73 Å². The standard InChI is InChI=1S/C12H18N4O/c1-10(8-11-4-3-7-17-11)13-6-2-5-12-14-9-15-16-12/h3-4,7,9-10,13H,2,5-6,8H2,1H3,(H,14,15,16). The molecule has 2 heterocycles. The fraction of sp³-hybridized carbons (Fsp3) is 0.500. The van der Waals surface area contributed by atoms with Crippen LogP contribution in [0, 0.1) is 0 Å². The lowest BCUT2D eigenvalue weighted by atomic mass is 10.2. The molecule has 2 N–H and O–H groups in total. The Balaban J connectivity index is 1.58. The fourth-order valence-electron chi connectivity index (χ4n) is 1.76. The number of hydrogen-bond donors (Lipinski definition) is 2. The molecule has 0 saturated carbocycles. The van der Waals surface area contributed by atoms with E-state index in [0.29, 0.717) is 6.04 Å². The van der Waals surface area contributed by atoms with Gasteiger partial charge in [0.1, 0.15) is 17.9 Å². The maximum atomic E-state index is 5.31. The molecular weight excluding hydrogens is 216 g/mol. The van der Waals surface area contributed by atoms with Crippen molar-refractivity contribution in [3.8, 4) is 0 Å². The second kappa shape index (κ2) is 6.20. The maximum Gasteiger partial charge on any atom is 0.137 e. The normalized spacial score (nSPS) is 12.8. The molecule has 0 amide bonds. The average molecular weight is 234 g/mol. The topological polar surface area (TPSA) is 66.7 Å². The first-order valence-electron chi connectivity index (χ1n) is 5.94. The van der Waals surface area contributed by atoms with Crippen molar-refractivity contribution in [1.29, 1.82) is 0 Å². The zero-order valence-electron chi connectivity index (χ0n) is 10.0. The van der Waals surface area contributed by atoms with Gasteiger partial charge in [0.15, 0.2) is 0 Å². The summed E-state index contributed by atoms with van der Waals surface area (Å²) in [5.41, 5.74) is 0. The Morgan fingerprint density at radius 3 is 3.18 bits per heavy atom. The largest absolute Gasteiger partial charge is 0.469 e. The molecule has 1 atom stereocenters. The summed E-state index contributed by atoms with van der Waals surface area (Å²) in [6.45, 7) is 3.14. The molecule has 0 aliphatic heterocycles. The van der Waals surface area contributed by atoms with Crippen LogP contribution in [0.25, 0.3) is 0 Å². The van der Waals surface area contributed by atoms with E-state index in [9.17, 15) is 0 Å². The van der Waals surface area contributed by atoms with Crippen LogP contribution in [0.2, 0.25) is 0 Å². The fourth-order valence-corrected chi connectivity index (χ4v) is 1.76. The summed E-state index contributed by atoms with van der Waals surface area (Å²) in [6, 6.07) is 4.36. The highest BCUT2D eigenvalue weighted by molar-refractivity contribution is 4.99. The maximum absolute atomic E-state index is 5.31. The summed E-state index contributed by atoms with van der Waals surface area (Å²) in [7, 11) is 0. The van der Waals surface area contributed by atoms with Crippen LogP contribution in [0.1, 0.15) is 24.9 Å². The number of nitrogens with zero attached hydrogens (tertiary/aromatic N) is 2. The van der Waals surface area contributed by atoms with Crippen molar-refractivity contribution in [3.63, 3.8) is 0 Å². The van der Waals surface area contributed by atoms with Crippen LogP contribution < -0.4 is 5.32 Å². The van der Waals surface area contributed by atoms with E-state index >= 15 is 0 Å². The first kappa shape index (κ1) is 11.9. The molecule has 92 valence electrons. The van der Waals surface area contributed by atoms with Gasteiger partial charge in [-0.05, 0) is 32.0 Å². The zero-order valence-corrected chi connectivity index (χ0v) is 10.0. The molecule has 5 nitrogen and oxygen atoms in total. The van der Waals surface area contributed by atoms with Gasteiger partial charge in [0.2, 0.25) is 0 Å². The van der Waals surface area contributed by atoms with E-state index < -0.39 is 0 Å². The number of hydrogen-bond acceptors (Lipinski definition) is 4. The molecule has 0 bridgehead atoms. The molecule has 0 aliphatic rings. The third-order valence-corrected chi connectivity index (χ3v) is 2.64. The van der Waals surface area contributed by atoms with Crippen LogP contribution in [-0.2, 0) is 12.8 Å². The van der Waals surface area contributed by atoms with Gasteiger partial charge in [-0.3, -0.25) is 5.10 Å². The molecule has 2 aromatic rings. The quantitative estimate of drug-likeness (QED) is 0.713. The SMILES string of the molecule is CC(Cc1ccco1)NCCCc1ncn[nH]1. The molecule has 0 radical (unpaired) electrons. The van der Waals surface area contributed by atoms with E-state index in [0.717, 1.165) is 37.4 Å². The lowest BCUT2D eigenvalue weighted by Gasteiger charge is -2.11. The van der Waals surface area contributed by atoms with Crippen molar-refractivity contribution >= 4 is 0 Å². The van der Waals surface area contributed by atoms with Gasteiger partial charge >= 0.3 is 0 Å². The van der Waals surface area contributed by atoms with E-state index in [1.807, 2.05) is 12.1 Å². The summed E-state index contributed by atoms with van der Waals surface area (Å²) in [6.07, 6.45) is 6.17. The van der Waals surface area contributed by atoms with Crippen molar-refractivity contribution in [3.05, 3.63) is 36.3 Å². The van der Waals surface area contributed by atoms with Crippen LogP contribution in [-0.4, -0.2) is 27.8 Å². The Bertz CT molecular complexity index is 396. The highest BCUT2D eigenvalue weighted by Gasteiger charge is 2.04. The van der Waals surface area contributed by atoms with E-state index in [1.165, 1.54) is 0 Å². The van der Waals surface area contributed by atoms with Crippen molar-refractivity contribution < 1.29 is 4.42 Å². The Kier molecular flexibility index (Phi) is 4.32. The van der Waals surface area contributed by atoms with Crippen molar-refractivity contribution in [2.24, 2.45) is 0 Å². The summed E-state index contributed by atoms with van der Waals surface area (Å²) in [4.78, 5) is 4.08. The summed E-state index contributed by atoms with van der Waals surface area (Å²) in [5.74, 6) is 1.98. The minimum atomic E-state index is 0.427. The Morgan fingerprint density at radius 1 is 1.53 bits per heavy atom. The summed E-state index contributed by atoms with van der Waals surface area (Å²) < 4.78 is 5.31. The highest BCUT2D eigenvalue weighted by atomic mass is 16.3. The van der Waals surface area contributed by atoms with Crippen molar-refractivity contribution in [2.75, 3.05) is 6.54 Å². The lowest BCUT2D eigenvalue weighted by molar-refractivity contribution is 0.454. The van der Waals surface area contributed by atoms with Crippen LogP contribution in [0.15, 0.2) is 29.1 Å². The number of furan rings is 1. The first-order chi connectivity index (χ1) is 8.34. The number of rotatable bonds is 7. The third kappa shape index (κ3) is 4.03. The molecule has 17 heavy (non-hydrogen) atoms. The first-order valence-corrected chi connectivity index (χ1v) is 5.94. The van der Waals surface area contributed by atoms with E-state index in [4.69, 9.17) is 4.42 Å². The average Bonchev–Trinajstić information content (AvgIpc) is 2.96. The predicted octanol–water partition coefficient (Wildman–Crippen LogP) is 1.55. The van der Waals surface area contributed by atoms with Gasteiger partial charge in [0.25, 0.3) is 0 Å². The second-order valence-electron chi connectivity index (χ2n) is 4.17. The molecule has 1 unspecified atom stereocenters. The Hall–Kier alpha value is -1.62. The van der Waals surface area contributed by atoms with Gasteiger partial charge in [0.05, 0.1) is 6.26 Å². The van der Waals surface area contributed by atoms with E-state index in [2.05, 4.69) is 27.4 Å². The molecule has 0 spiro atoms. The zero-order chi connectivity index (χ0) is 11.9. The second-order valence-corrected chi connectivity index (χ2v) is 4.17. The van der Waals surface area contributed by atoms with E-state index in [1.54, 1.807) is 12.6 Å². The molecular formula is C12H18N4O. The molecule has 0 fully saturated rings. The number of aromatic amines is 1.